The molecule has 0 aromatic heterocycles. The summed E-state index contributed by atoms with van der Waals surface area (Å²) in [4.78, 5) is 28.2. The number of carbonyl (C=O) groups excluding carboxylic acids is 2. The predicted octanol–water partition coefficient (Wildman–Crippen LogP) is 2.10. The molecule has 1 unspecified atom stereocenters. The van der Waals surface area contributed by atoms with Gasteiger partial charge in [-0.05, 0) is 41.7 Å². The number of amides is 2. The molecule has 1 aliphatic rings. The van der Waals surface area contributed by atoms with Crippen molar-refractivity contribution < 1.29 is 18.0 Å². The van der Waals surface area contributed by atoms with Crippen LogP contribution in [0.15, 0.2) is 89.8 Å². The highest BCUT2D eigenvalue weighted by molar-refractivity contribution is 7.89. The summed E-state index contributed by atoms with van der Waals surface area (Å²) >= 11 is 0. The topological polar surface area (TPSA) is 136 Å². The van der Waals surface area contributed by atoms with Gasteiger partial charge in [-0.3, -0.25) is 9.59 Å². The van der Waals surface area contributed by atoms with E-state index in [2.05, 4.69) is 5.32 Å². The van der Waals surface area contributed by atoms with Gasteiger partial charge < -0.3 is 16.0 Å². The Morgan fingerprint density at radius 2 is 1.47 bits per heavy atom. The number of hydrogen-bond acceptors (Lipinski definition) is 5. The standard InChI is InChI=1S/C27H30N4O4S/c28-25(24(20-8-3-1-4-9-20)21-10-5-2-6-11-21)27(33)31-17-7-12-23(31)26(32)30-18-19-13-15-22(16-14-19)36(29,34)35/h1-6,8-11,13-16,23-25H,7,12,17-18,28H2,(H,30,32)(H2,29,34,35)/t23-,25?/m0/s1. The van der Waals surface area contributed by atoms with E-state index in [0.717, 1.165) is 16.7 Å². The molecule has 4 rings (SSSR count). The van der Waals surface area contributed by atoms with Gasteiger partial charge in [-0.1, -0.05) is 72.8 Å². The van der Waals surface area contributed by atoms with E-state index in [0.29, 0.717) is 19.4 Å². The molecule has 2 atom stereocenters. The highest BCUT2D eigenvalue weighted by Crippen LogP contribution is 2.30. The normalized spacial score (nSPS) is 16.6. The van der Waals surface area contributed by atoms with E-state index in [1.54, 1.807) is 17.0 Å². The average molecular weight is 507 g/mol. The van der Waals surface area contributed by atoms with Gasteiger partial charge in [0.25, 0.3) is 0 Å². The molecule has 3 aromatic rings. The summed E-state index contributed by atoms with van der Waals surface area (Å²) in [6, 6.07) is 23.9. The summed E-state index contributed by atoms with van der Waals surface area (Å²) in [5.74, 6) is -0.871. The van der Waals surface area contributed by atoms with Crippen molar-refractivity contribution in [3.05, 3.63) is 102 Å². The van der Waals surface area contributed by atoms with Gasteiger partial charge in [-0.15, -0.1) is 0 Å². The van der Waals surface area contributed by atoms with E-state index in [-0.39, 0.29) is 29.2 Å². The Morgan fingerprint density at radius 1 is 0.917 bits per heavy atom. The fraction of sp³-hybridized carbons (Fsp3) is 0.259. The molecule has 2 amide bonds. The number of hydrogen-bond donors (Lipinski definition) is 3. The van der Waals surface area contributed by atoms with Gasteiger partial charge in [0.2, 0.25) is 21.8 Å². The Balaban J connectivity index is 1.47. The Labute approximate surface area is 211 Å². The minimum atomic E-state index is -3.78. The van der Waals surface area contributed by atoms with Crippen LogP contribution in [0.5, 0.6) is 0 Å². The van der Waals surface area contributed by atoms with Crippen molar-refractivity contribution in [3.8, 4) is 0 Å². The first kappa shape index (κ1) is 25.6. The lowest BCUT2D eigenvalue weighted by Gasteiger charge is -2.31. The molecular formula is C27H30N4O4S. The van der Waals surface area contributed by atoms with Crippen molar-refractivity contribution in [2.75, 3.05) is 6.54 Å². The molecule has 1 heterocycles. The minimum Gasteiger partial charge on any atom is -0.350 e. The van der Waals surface area contributed by atoms with E-state index in [1.165, 1.54) is 12.1 Å². The number of primary sulfonamides is 1. The Morgan fingerprint density at radius 3 is 2.00 bits per heavy atom. The quantitative estimate of drug-likeness (QED) is 0.430. The predicted molar refractivity (Wildman–Crippen MR) is 137 cm³/mol. The zero-order valence-corrected chi connectivity index (χ0v) is 20.6. The third-order valence-corrected chi connectivity index (χ3v) is 7.45. The molecule has 0 saturated carbocycles. The molecule has 0 spiro atoms. The largest absolute Gasteiger partial charge is 0.350 e. The molecule has 1 aliphatic heterocycles. The molecule has 1 fully saturated rings. The van der Waals surface area contributed by atoms with Crippen molar-refractivity contribution >= 4 is 21.8 Å². The summed E-state index contributed by atoms with van der Waals surface area (Å²) in [6.07, 6.45) is 1.26. The highest BCUT2D eigenvalue weighted by Gasteiger charge is 2.39. The molecule has 1 saturated heterocycles. The maximum Gasteiger partial charge on any atom is 0.243 e. The lowest BCUT2D eigenvalue weighted by atomic mass is 9.84. The van der Waals surface area contributed by atoms with Crippen LogP contribution in [0, 0.1) is 0 Å². The second-order valence-corrected chi connectivity index (χ2v) is 10.5. The first-order valence-electron chi connectivity index (χ1n) is 11.8. The Hall–Kier alpha value is -3.53. The number of nitrogens with one attached hydrogen (secondary N) is 1. The number of nitrogens with two attached hydrogens (primary N) is 2. The van der Waals surface area contributed by atoms with E-state index >= 15 is 0 Å². The Bertz CT molecular complexity index is 1260. The van der Waals surface area contributed by atoms with Gasteiger partial charge in [-0.25, -0.2) is 13.6 Å². The fourth-order valence-electron chi connectivity index (χ4n) is 4.67. The molecule has 0 radical (unpaired) electrons. The number of carbonyl (C=O) groups is 2. The van der Waals surface area contributed by atoms with Gasteiger partial charge >= 0.3 is 0 Å². The molecule has 0 bridgehead atoms. The molecular weight excluding hydrogens is 476 g/mol. The van der Waals surface area contributed by atoms with E-state index in [4.69, 9.17) is 10.9 Å². The summed E-state index contributed by atoms with van der Waals surface area (Å²) in [6.45, 7) is 0.662. The zero-order valence-electron chi connectivity index (χ0n) is 19.8. The lowest BCUT2D eigenvalue weighted by molar-refractivity contribution is -0.139. The number of sulfonamides is 1. The molecule has 36 heavy (non-hydrogen) atoms. The average Bonchev–Trinajstić information content (AvgIpc) is 3.38. The molecule has 9 heteroatoms. The van der Waals surface area contributed by atoms with E-state index in [9.17, 15) is 18.0 Å². The van der Waals surface area contributed by atoms with Gasteiger partial charge in [0.15, 0.2) is 0 Å². The lowest BCUT2D eigenvalue weighted by Crippen LogP contribution is -2.52. The summed E-state index contributed by atoms with van der Waals surface area (Å²) in [5, 5.41) is 7.99. The van der Waals surface area contributed by atoms with Crippen LogP contribution in [-0.2, 0) is 26.2 Å². The van der Waals surface area contributed by atoms with Gasteiger partial charge in [0.05, 0.1) is 10.9 Å². The highest BCUT2D eigenvalue weighted by atomic mass is 32.2. The summed E-state index contributed by atoms with van der Waals surface area (Å²) in [7, 11) is -3.78. The van der Waals surface area contributed by atoms with Crippen LogP contribution in [0.3, 0.4) is 0 Å². The van der Waals surface area contributed by atoms with Crippen LogP contribution >= 0.6 is 0 Å². The molecule has 5 N–H and O–H groups in total. The van der Waals surface area contributed by atoms with Gasteiger partial charge in [0, 0.05) is 19.0 Å². The number of nitrogens with zero attached hydrogens (tertiary/aromatic N) is 1. The van der Waals surface area contributed by atoms with Crippen molar-refractivity contribution in [1.29, 1.82) is 0 Å². The van der Waals surface area contributed by atoms with Crippen LogP contribution in [0.4, 0.5) is 0 Å². The number of likely N-dealkylation sites (tertiary alicyclic amines) is 1. The third-order valence-electron chi connectivity index (χ3n) is 6.52. The van der Waals surface area contributed by atoms with Crippen molar-refractivity contribution in [3.63, 3.8) is 0 Å². The maximum absolute atomic E-state index is 13.6. The second-order valence-electron chi connectivity index (χ2n) is 8.92. The van der Waals surface area contributed by atoms with Crippen LogP contribution in [0.1, 0.15) is 35.4 Å². The monoisotopic (exact) mass is 506 g/mol. The number of benzene rings is 3. The van der Waals surface area contributed by atoms with E-state index < -0.39 is 22.1 Å². The van der Waals surface area contributed by atoms with Crippen molar-refractivity contribution in [1.82, 2.24) is 10.2 Å². The van der Waals surface area contributed by atoms with Crippen molar-refractivity contribution in [2.24, 2.45) is 10.9 Å². The maximum atomic E-state index is 13.6. The smallest absolute Gasteiger partial charge is 0.243 e. The SMILES string of the molecule is NC(C(=O)N1CCC[C@H]1C(=O)NCc1ccc(S(N)(=O)=O)cc1)C(c1ccccc1)c1ccccc1. The van der Waals surface area contributed by atoms with Crippen LogP contribution in [0.25, 0.3) is 0 Å². The number of rotatable bonds is 8. The second kappa shape index (κ2) is 11.0. The summed E-state index contributed by atoms with van der Waals surface area (Å²) in [5.41, 5.74) is 9.19. The van der Waals surface area contributed by atoms with Crippen LogP contribution in [-0.4, -0.2) is 43.8 Å². The molecule has 0 aliphatic carbocycles. The summed E-state index contributed by atoms with van der Waals surface area (Å²) < 4.78 is 22.9. The minimum absolute atomic E-state index is 0.00511. The first-order chi connectivity index (χ1) is 17.3. The molecule has 8 nitrogen and oxygen atoms in total. The molecule has 188 valence electrons. The fourth-order valence-corrected chi connectivity index (χ4v) is 5.18. The van der Waals surface area contributed by atoms with Gasteiger partial charge in [-0.2, -0.15) is 0 Å². The zero-order chi connectivity index (χ0) is 25.7. The van der Waals surface area contributed by atoms with Crippen LogP contribution in [0.2, 0.25) is 0 Å². The third kappa shape index (κ3) is 5.81. The van der Waals surface area contributed by atoms with Crippen molar-refractivity contribution in [2.45, 2.75) is 42.3 Å². The van der Waals surface area contributed by atoms with Crippen LogP contribution < -0.4 is 16.2 Å². The molecule has 3 aromatic carbocycles. The van der Waals surface area contributed by atoms with E-state index in [1.807, 2.05) is 60.7 Å². The van der Waals surface area contributed by atoms with Gasteiger partial charge in [0.1, 0.15) is 6.04 Å². The Kier molecular flexibility index (Phi) is 7.83. The first-order valence-corrected chi connectivity index (χ1v) is 13.4.